The number of fused-ring (bicyclic) bond motifs is 1. The van der Waals surface area contributed by atoms with E-state index in [1.807, 2.05) is 37.3 Å². The summed E-state index contributed by atoms with van der Waals surface area (Å²) in [7, 11) is 0. The molecule has 1 aromatic carbocycles. The van der Waals surface area contributed by atoms with Gasteiger partial charge in [0.2, 0.25) is 0 Å². The van der Waals surface area contributed by atoms with Crippen LogP contribution in [0, 0.1) is 6.92 Å². The summed E-state index contributed by atoms with van der Waals surface area (Å²) in [6.45, 7) is 3.49. The molecular formula is C16H13N3O. The smallest absolute Gasteiger partial charge is 0.162 e. The highest BCUT2D eigenvalue weighted by molar-refractivity contribution is 6.01. The minimum Gasteiger partial charge on any atom is -0.294 e. The number of ketones is 1. The summed E-state index contributed by atoms with van der Waals surface area (Å²) in [4.78, 5) is 24.4. The molecule has 0 aliphatic heterocycles. The Labute approximate surface area is 116 Å². The molecule has 2 heterocycles. The Morgan fingerprint density at radius 1 is 1.10 bits per heavy atom. The summed E-state index contributed by atoms with van der Waals surface area (Å²) in [5.74, 6) is 0.0433. The molecule has 0 spiro atoms. The molecule has 20 heavy (non-hydrogen) atoms. The maximum absolute atomic E-state index is 11.7. The second-order valence-electron chi connectivity index (χ2n) is 4.66. The molecule has 0 fully saturated rings. The molecule has 3 aromatic rings. The summed E-state index contributed by atoms with van der Waals surface area (Å²) >= 11 is 0. The quantitative estimate of drug-likeness (QED) is 0.666. The van der Waals surface area contributed by atoms with Gasteiger partial charge in [0.05, 0.1) is 5.69 Å². The first-order valence-electron chi connectivity index (χ1n) is 6.34. The zero-order valence-corrected chi connectivity index (χ0v) is 11.3. The molecule has 98 valence electrons. The Bertz CT molecular complexity index is 812. The second-order valence-corrected chi connectivity index (χ2v) is 4.66. The summed E-state index contributed by atoms with van der Waals surface area (Å²) < 4.78 is 0. The van der Waals surface area contributed by atoms with Gasteiger partial charge in [-0.3, -0.25) is 4.79 Å². The molecule has 0 N–H and O–H groups in total. The van der Waals surface area contributed by atoms with Crippen molar-refractivity contribution in [3.8, 4) is 11.1 Å². The van der Waals surface area contributed by atoms with E-state index < -0.39 is 0 Å². The number of carbonyl (C=O) groups is 1. The minimum absolute atomic E-state index is 0.0433. The summed E-state index contributed by atoms with van der Waals surface area (Å²) in [6, 6.07) is 9.53. The van der Waals surface area contributed by atoms with Gasteiger partial charge in [0.25, 0.3) is 0 Å². The molecule has 0 atom stereocenters. The van der Waals surface area contributed by atoms with Crippen LogP contribution in [0.25, 0.3) is 22.2 Å². The fourth-order valence-electron chi connectivity index (χ4n) is 2.26. The van der Waals surface area contributed by atoms with E-state index in [-0.39, 0.29) is 5.78 Å². The van der Waals surface area contributed by atoms with E-state index >= 15 is 0 Å². The van der Waals surface area contributed by atoms with E-state index in [1.54, 1.807) is 13.1 Å². The van der Waals surface area contributed by atoms with Crippen LogP contribution in [0.5, 0.6) is 0 Å². The number of hydrogen-bond acceptors (Lipinski definition) is 4. The third kappa shape index (κ3) is 2.05. The van der Waals surface area contributed by atoms with E-state index in [2.05, 4.69) is 15.0 Å². The number of aryl methyl sites for hydroxylation is 1. The number of aromatic nitrogens is 3. The highest BCUT2D eigenvalue weighted by Gasteiger charge is 2.10. The van der Waals surface area contributed by atoms with Gasteiger partial charge >= 0.3 is 0 Å². The van der Waals surface area contributed by atoms with Crippen LogP contribution in [-0.2, 0) is 0 Å². The Balaban J connectivity index is 2.25. The third-order valence-corrected chi connectivity index (χ3v) is 3.31. The van der Waals surface area contributed by atoms with Crippen molar-refractivity contribution in [2.75, 3.05) is 0 Å². The molecule has 0 amide bonds. The zero-order valence-electron chi connectivity index (χ0n) is 11.3. The lowest BCUT2D eigenvalue weighted by atomic mass is 9.98. The number of rotatable bonds is 2. The van der Waals surface area contributed by atoms with E-state index in [0.29, 0.717) is 11.2 Å². The second kappa shape index (κ2) is 4.81. The molecule has 2 aromatic heterocycles. The van der Waals surface area contributed by atoms with Crippen LogP contribution in [-0.4, -0.2) is 20.7 Å². The molecule has 3 rings (SSSR count). The van der Waals surface area contributed by atoms with Crippen molar-refractivity contribution in [2.45, 2.75) is 13.8 Å². The summed E-state index contributed by atoms with van der Waals surface area (Å²) in [5.41, 5.74) is 4.04. The van der Waals surface area contributed by atoms with Gasteiger partial charge in [-0.2, -0.15) is 0 Å². The Morgan fingerprint density at radius 2 is 1.90 bits per heavy atom. The van der Waals surface area contributed by atoms with Gasteiger partial charge in [0.15, 0.2) is 11.4 Å². The molecule has 0 aliphatic rings. The summed E-state index contributed by atoms with van der Waals surface area (Å²) in [5, 5.41) is 0.906. The Hall–Kier alpha value is -2.62. The molecule has 0 bridgehead atoms. The van der Waals surface area contributed by atoms with Crippen LogP contribution in [0.1, 0.15) is 23.0 Å². The van der Waals surface area contributed by atoms with Crippen LogP contribution >= 0.6 is 0 Å². The van der Waals surface area contributed by atoms with Gasteiger partial charge in [0, 0.05) is 22.7 Å². The third-order valence-electron chi connectivity index (χ3n) is 3.31. The van der Waals surface area contributed by atoms with Crippen molar-refractivity contribution in [3.63, 3.8) is 0 Å². The highest BCUT2D eigenvalue weighted by atomic mass is 16.1. The van der Waals surface area contributed by atoms with Crippen molar-refractivity contribution >= 4 is 16.8 Å². The van der Waals surface area contributed by atoms with Crippen LogP contribution in [0.2, 0.25) is 0 Å². The van der Waals surface area contributed by atoms with Gasteiger partial charge in [-0.1, -0.05) is 24.3 Å². The van der Waals surface area contributed by atoms with Crippen molar-refractivity contribution in [3.05, 3.63) is 54.1 Å². The number of nitrogens with zero attached hydrogens (tertiary/aromatic N) is 3. The molecule has 0 unspecified atom stereocenters. The number of benzene rings is 1. The lowest BCUT2D eigenvalue weighted by Crippen LogP contribution is -1.97. The maximum atomic E-state index is 11.7. The molecule has 0 saturated heterocycles. The predicted octanol–water partition coefficient (Wildman–Crippen LogP) is 3.20. The largest absolute Gasteiger partial charge is 0.294 e. The van der Waals surface area contributed by atoms with Gasteiger partial charge in [0.1, 0.15) is 6.33 Å². The first-order chi connectivity index (χ1) is 9.66. The Morgan fingerprint density at radius 3 is 2.70 bits per heavy atom. The van der Waals surface area contributed by atoms with Gasteiger partial charge in [-0.25, -0.2) is 15.0 Å². The topological polar surface area (TPSA) is 55.7 Å². The molecule has 4 nitrogen and oxygen atoms in total. The van der Waals surface area contributed by atoms with Crippen molar-refractivity contribution in [1.82, 2.24) is 15.0 Å². The lowest BCUT2D eigenvalue weighted by Gasteiger charge is -2.08. The number of carbonyl (C=O) groups excluding carboxylic acids is 1. The van der Waals surface area contributed by atoms with Crippen molar-refractivity contribution < 1.29 is 4.79 Å². The average Bonchev–Trinajstić information content (AvgIpc) is 2.47. The number of hydrogen-bond donors (Lipinski definition) is 0. The maximum Gasteiger partial charge on any atom is 0.162 e. The van der Waals surface area contributed by atoms with Gasteiger partial charge in [-0.05, 0) is 25.5 Å². The molecule has 0 aliphatic carbocycles. The standard InChI is InChI=1S/C16H13N3O/c1-10-15-7-12(8-17-16(15)19-9-18-10)14-6-4-3-5-13(14)11(2)20/h3-9H,1-2H3. The van der Waals surface area contributed by atoms with Crippen LogP contribution in [0.4, 0.5) is 0 Å². The zero-order chi connectivity index (χ0) is 14.1. The molecule has 0 radical (unpaired) electrons. The van der Waals surface area contributed by atoms with Crippen LogP contribution in [0.3, 0.4) is 0 Å². The van der Waals surface area contributed by atoms with Crippen LogP contribution < -0.4 is 0 Å². The number of pyridine rings is 1. The Kier molecular flexibility index (Phi) is 2.99. The summed E-state index contributed by atoms with van der Waals surface area (Å²) in [6.07, 6.45) is 3.25. The van der Waals surface area contributed by atoms with E-state index in [9.17, 15) is 4.79 Å². The van der Waals surface area contributed by atoms with Gasteiger partial charge < -0.3 is 0 Å². The minimum atomic E-state index is 0.0433. The van der Waals surface area contributed by atoms with E-state index in [1.165, 1.54) is 6.33 Å². The van der Waals surface area contributed by atoms with E-state index in [4.69, 9.17) is 0 Å². The van der Waals surface area contributed by atoms with Crippen molar-refractivity contribution in [1.29, 1.82) is 0 Å². The van der Waals surface area contributed by atoms with Gasteiger partial charge in [-0.15, -0.1) is 0 Å². The lowest BCUT2D eigenvalue weighted by molar-refractivity contribution is 0.101. The SMILES string of the molecule is CC(=O)c1ccccc1-c1cnc2ncnc(C)c2c1. The highest BCUT2D eigenvalue weighted by Crippen LogP contribution is 2.26. The monoisotopic (exact) mass is 263 g/mol. The molecular weight excluding hydrogens is 250 g/mol. The van der Waals surface area contributed by atoms with Crippen molar-refractivity contribution in [2.24, 2.45) is 0 Å². The average molecular weight is 263 g/mol. The normalized spacial score (nSPS) is 10.7. The van der Waals surface area contributed by atoms with E-state index in [0.717, 1.165) is 22.2 Å². The fourth-order valence-corrected chi connectivity index (χ4v) is 2.26. The fraction of sp³-hybridized carbons (Fsp3) is 0.125. The first-order valence-corrected chi connectivity index (χ1v) is 6.34. The predicted molar refractivity (Wildman–Crippen MR) is 77.5 cm³/mol. The first kappa shape index (κ1) is 12.4. The molecule has 0 saturated carbocycles. The van der Waals surface area contributed by atoms with Crippen LogP contribution in [0.15, 0.2) is 42.9 Å². The number of Topliss-reactive ketones (excluding diaryl/α,β-unsaturated/α-hetero) is 1. The molecule has 4 heteroatoms.